The Bertz CT molecular complexity index is 360. The van der Waals surface area contributed by atoms with Crippen molar-refractivity contribution in [2.75, 3.05) is 6.61 Å². The van der Waals surface area contributed by atoms with Gasteiger partial charge in [0.15, 0.2) is 0 Å². The summed E-state index contributed by atoms with van der Waals surface area (Å²) in [4.78, 5) is 4.49. The topological polar surface area (TPSA) is 65.1 Å². The first kappa shape index (κ1) is 16.1. The molecule has 0 fully saturated rings. The lowest BCUT2D eigenvalue weighted by atomic mass is 9.87. The van der Waals surface area contributed by atoms with Gasteiger partial charge in [-0.15, -0.1) is 0 Å². The van der Waals surface area contributed by atoms with Crippen molar-refractivity contribution < 1.29 is 4.74 Å². The second kappa shape index (κ2) is 7.62. The molecule has 110 valence electrons. The Hall–Kier alpha value is -0.910. The number of aromatic nitrogens is 2. The van der Waals surface area contributed by atoms with E-state index in [0.717, 1.165) is 31.6 Å². The highest BCUT2D eigenvalue weighted by atomic mass is 16.5. The van der Waals surface area contributed by atoms with Crippen LogP contribution >= 0.6 is 0 Å². The van der Waals surface area contributed by atoms with Gasteiger partial charge in [-0.2, -0.15) is 0 Å². The Morgan fingerprint density at radius 3 is 2.53 bits per heavy atom. The maximum Gasteiger partial charge on any atom is 0.130 e. The minimum absolute atomic E-state index is 0.0935. The van der Waals surface area contributed by atoms with E-state index in [4.69, 9.17) is 10.6 Å². The minimum atomic E-state index is -0.305. The molecular weight excluding hydrogens is 240 g/mol. The van der Waals surface area contributed by atoms with Gasteiger partial charge in [0, 0.05) is 25.5 Å². The molecule has 0 amide bonds. The fourth-order valence-electron chi connectivity index (χ4n) is 2.71. The molecule has 5 nitrogen and oxygen atoms in total. The minimum Gasteiger partial charge on any atom is -0.373 e. The smallest absolute Gasteiger partial charge is 0.130 e. The first-order chi connectivity index (χ1) is 9.18. The molecule has 1 aromatic rings. The molecule has 1 aromatic heterocycles. The number of hydrogen-bond acceptors (Lipinski definition) is 4. The van der Waals surface area contributed by atoms with Gasteiger partial charge in [-0.1, -0.05) is 20.8 Å². The summed E-state index contributed by atoms with van der Waals surface area (Å²) in [6, 6.07) is -0.0935. The van der Waals surface area contributed by atoms with E-state index in [2.05, 4.69) is 35.7 Å². The summed E-state index contributed by atoms with van der Waals surface area (Å²) in [6.45, 7) is 10.1. The summed E-state index contributed by atoms with van der Waals surface area (Å²) in [5.41, 5.74) is 2.62. The van der Waals surface area contributed by atoms with E-state index in [1.54, 1.807) is 0 Å². The summed E-state index contributed by atoms with van der Waals surface area (Å²) in [7, 11) is 0. The van der Waals surface area contributed by atoms with Crippen LogP contribution in [-0.4, -0.2) is 21.8 Å². The Morgan fingerprint density at radius 2 is 2.05 bits per heavy atom. The molecule has 0 saturated carbocycles. The molecule has 5 heteroatoms. The molecule has 0 aromatic carbocycles. The van der Waals surface area contributed by atoms with Gasteiger partial charge < -0.3 is 9.30 Å². The molecule has 19 heavy (non-hydrogen) atoms. The average Bonchev–Trinajstić information content (AvgIpc) is 2.87. The van der Waals surface area contributed by atoms with Gasteiger partial charge >= 0.3 is 0 Å². The van der Waals surface area contributed by atoms with E-state index in [-0.39, 0.29) is 11.6 Å². The van der Waals surface area contributed by atoms with Gasteiger partial charge in [0.25, 0.3) is 0 Å². The summed E-state index contributed by atoms with van der Waals surface area (Å²) < 4.78 is 8.20. The average molecular weight is 268 g/mol. The number of rotatable bonds is 9. The summed E-state index contributed by atoms with van der Waals surface area (Å²) in [5, 5.41) is 0. The number of aryl methyl sites for hydroxylation is 1. The zero-order chi connectivity index (χ0) is 14.3. The van der Waals surface area contributed by atoms with Crippen molar-refractivity contribution in [1.29, 1.82) is 0 Å². The van der Waals surface area contributed by atoms with Crippen LogP contribution in [0.15, 0.2) is 12.4 Å². The quantitative estimate of drug-likeness (QED) is 0.533. The molecule has 0 aliphatic carbocycles. The van der Waals surface area contributed by atoms with Crippen LogP contribution in [0.5, 0.6) is 0 Å². The molecule has 0 saturated heterocycles. The number of nitrogens with one attached hydrogen (secondary N) is 1. The van der Waals surface area contributed by atoms with Crippen molar-refractivity contribution in [3.8, 4) is 0 Å². The molecule has 0 aliphatic heterocycles. The molecule has 1 atom stereocenters. The number of imidazole rings is 1. The summed E-state index contributed by atoms with van der Waals surface area (Å²) in [5.74, 6) is 6.77. The number of ether oxygens (including phenoxy) is 1. The van der Waals surface area contributed by atoms with Crippen LogP contribution in [0.25, 0.3) is 0 Å². The van der Waals surface area contributed by atoms with E-state index >= 15 is 0 Å². The van der Waals surface area contributed by atoms with Gasteiger partial charge in [-0.25, -0.2) is 10.4 Å². The molecule has 3 N–H and O–H groups in total. The molecular formula is C14H28N4O. The third-order valence-electron chi connectivity index (χ3n) is 3.79. The largest absolute Gasteiger partial charge is 0.373 e. The van der Waals surface area contributed by atoms with E-state index in [0.29, 0.717) is 6.61 Å². The molecule has 1 heterocycles. The van der Waals surface area contributed by atoms with Crippen molar-refractivity contribution in [2.24, 2.45) is 5.84 Å². The van der Waals surface area contributed by atoms with Crippen LogP contribution < -0.4 is 11.3 Å². The Labute approximate surface area is 116 Å². The van der Waals surface area contributed by atoms with Crippen LogP contribution in [0.1, 0.15) is 58.8 Å². The molecule has 1 unspecified atom stereocenters. The summed E-state index contributed by atoms with van der Waals surface area (Å²) in [6.07, 6.45) is 6.69. The van der Waals surface area contributed by atoms with Crippen molar-refractivity contribution in [1.82, 2.24) is 15.0 Å². The second-order valence-corrected chi connectivity index (χ2v) is 4.78. The maximum atomic E-state index is 6.04. The third kappa shape index (κ3) is 3.35. The highest BCUT2D eigenvalue weighted by Crippen LogP contribution is 2.34. The highest BCUT2D eigenvalue weighted by Gasteiger charge is 2.39. The molecule has 0 radical (unpaired) electrons. The third-order valence-corrected chi connectivity index (χ3v) is 3.79. The maximum absolute atomic E-state index is 6.04. The van der Waals surface area contributed by atoms with Crippen molar-refractivity contribution in [2.45, 2.75) is 65.1 Å². The van der Waals surface area contributed by atoms with Gasteiger partial charge in [-0.05, 0) is 26.2 Å². The number of hydrazine groups is 1. The highest BCUT2D eigenvalue weighted by molar-refractivity contribution is 5.07. The molecule has 1 rings (SSSR count). The number of nitrogens with zero attached hydrogens (tertiary/aromatic N) is 2. The molecule has 0 spiro atoms. The lowest BCUT2D eigenvalue weighted by molar-refractivity contribution is -0.0760. The fourth-order valence-corrected chi connectivity index (χ4v) is 2.71. The van der Waals surface area contributed by atoms with E-state index in [1.165, 1.54) is 0 Å². The monoisotopic (exact) mass is 268 g/mol. The first-order valence-corrected chi connectivity index (χ1v) is 7.30. The zero-order valence-electron chi connectivity index (χ0n) is 12.6. The standard InChI is InChI=1S/C14H28N4O/c1-5-10-18-11-9-16-13(18)12(17-15)14(6-2,7-3)19-8-4/h9,11-12,17H,5-8,10,15H2,1-4H3. The first-order valence-electron chi connectivity index (χ1n) is 7.30. The van der Waals surface area contributed by atoms with E-state index in [9.17, 15) is 0 Å². The predicted molar refractivity (Wildman–Crippen MR) is 77.5 cm³/mol. The van der Waals surface area contributed by atoms with Crippen LogP contribution in [0, 0.1) is 0 Å². The normalized spacial score (nSPS) is 13.7. The Balaban J connectivity index is 3.11. The molecule has 0 aliphatic rings. The zero-order valence-corrected chi connectivity index (χ0v) is 12.6. The lowest BCUT2D eigenvalue weighted by Gasteiger charge is -2.38. The lowest BCUT2D eigenvalue weighted by Crippen LogP contribution is -2.49. The Kier molecular flexibility index (Phi) is 6.48. The van der Waals surface area contributed by atoms with E-state index in [1.807, 2.05) is 19.3 Å². The SMILES string of the molecule is CCCn1ccnc1C(NN)C(CC)(CC)OCC. The van der Waals surface area contributed by atoms with Crippen molar-refractivity contribution in [3.63, 3.8) is 0 Å². The van der Waals surface area contributed by atoms with Gasteiger partial charge in [-0.3, -0.25) is 5.84 Å². The number of nitrogens with two attached hydrogens (primary N) is 1. The van der Waals surface area contributed by atoms with Crippen LogP contribution in [0.4, 0.5) is 0 Å². The van der Waals surface area contributed by atoms with Crippen LogP contribution in [0.3, 0.4) is 0 Å². The molecule has 0 bridgehead atoms. The summed E-state index contributed by atoms with van der Waals surface area (Å²) >= 11 is 0. The van der Waals surface area contributed by atoms with E-state index < -0.39 is 0 Å². The fraction of sp³-hybridized carbons (Fsp3) is 0.786. The van der Waals surface area contributed by atoms with Crippen LogP contribution in [-0.2, 0) is 11.3 Å². The Morgan fingerprint density at radius 1 is 1.37 bits per heavy atom. The van der Waals surface area contributed by atoms with Gasteiger partial charge in [0.2, 0.25) is 0 Å². The van der Waals surface area contributed by atoms with Crippen molar-refractivity contribution in [3.05, 3.63) is 18.2 Å². The van der Waals surface area contributed by atoms with Gasteiger partial charge in [0.05, 0.1) is 5.60 Å². The second-order valence-electron chi connectivity index (χ2n) is 4.78. The van der Waals surface area contributed by atoms with Gasteiger partial charge in [0.1, 0.15) is 11.9 Å². The predicted octanol–water partition coefficient (Wildman–Crippen LogP) is 2.39. The van der Waals surface area contributed by atoms with Crippen molar-refractivity contribution >= 4 is 0 Å². The van der Waals surface area contributed by atoms with Crippen LogP contribution in [0.2, 0.25) is 0 Å². The number of hydrogen-bond donors (Lipinski definition) is 2.